The molecule has 2 aromatic rings. The van der Waals surface area contributed by atoms with Crippen LogP contribution in [0, 0.1) is 11.3 Å². The highest BCUT2D eigenvalue weighted by molar-refractivity contribution is 9.11. The minimum absolute atomic E-state index is 0.451. The van der Waals surface area contributed by atoms with Crippen molar-refractivity contribution in [2.75, 3.05) is 5.73 Å². The predicted octanol–water partition coefficient (Wildman–Crippen LogP) is 4.46. The van der Waals surface area contributed by atoms with E-state index < -0.39 is 0 Å². The molecule has 2 N–H and O–H groups in total. The van der Waals surface area contributed by atoms with E-state index in [9.17, 15) is 0 Å². The van der Waals surface area contributed by atoms with Crippen LogP contribution in [0.15, 0.2) is 45.3 Å². The monoisotopic (exact) mass is 366 g/mol. The molecule has 0 spiro atoms. The Morgan fingerprint density at radius 1 is 1.06 bits per heavy atom. The number of rotatable bonds is 2. The molecule has 0 atom stereocenters. The molecular formula is C13H8Br2N2O. The zero-order valence-electron chi connectivity index (χ0n) is 9.15. The topological polar surface area (TPSA) is 59.0 Å². The summed E-state index contributed by atoms with van der Waals surface area (Å²) in [5, 5.41) is 9.10. The Kier molecular flexibility index (Phi) is 3.90. The number of hydrogen-bond acceptors (Lipinski definition) is 3. The fourth-order valence-electron chi connectivity index (χ4n) is 1.42. The average molecular weight is 368 g/mol. The van der Waals surface area contributed by atoms with E-state index in [4.69, 9.17) is 15.7 Å². The van der Waals surface area contributed by atoms with Gasteiger partial charge in [0.05, 0.1) is 4.47 Å². The summed E-state index contributed by atoms with van der Waals surface area (Å²) in [5.41, 5.74) is 6.81. The third-order valence-electron chi connectivity index (χ3n) is 2.30. The smallest absolute Gasteiger partial charge is 0.146 e. The number of ether oxygens (including phenoxy) is 1. The average Bonchev–Trinajstić information content (AvgIpc) is 2.35. The summed E-state index contributed by atoms with van der Waals surface area (Å²) in [7, 11) is 0. The molecule has 0 saturated carbocycles. The van der Waals surface area contributed by atoms with Gasteiger partial charge in [-0.15, -0.1) is 0 Å². The number of nitrogen functional groups attached to an aromatic ring is 1. The van der Waals surface area contributed by atoms with E-state index in [1.165, 1.54) is 0 Å². The van der Waals surface area contributed by atoms with Gasteiger partial charge in [-0.2, -0.15) is 5.26 Å². The summed E-state index contributed by atoms with van der Waals surface area (Å²) in [5.74, 6) is 1.06. The van der Waals surface area contributed by atoms with Gasteiger partial charge in [-0.3, -0.25) is 0 Å². The minimum Gasteiger partial charge on any atom is -0.455 e. The largest absolute Gasteiger partial charge is 0.455 e. The van der Waals surface area contributed by atoms with Crippen molar-refractivity contribution in [2.45, 2.75) is 0 Å². The molecule has 0 aliphatic heterocycles. The number of benzene rings is 2. The second-order valence-corrected chi connectivity index (χ2v) is 5.13. The van der Waals surface area contributed by atoms with Crippen molar-refractivity contribution in [3.8, 4) is 17.6 Å². The van der Waals surface area contributed by atoms with Gasteiger partial charge in [-0.1, -0.05) is 12.1 Å². The Balaban J connectivity index is 2.44. The molecule has 0 bridgehead atoms. The number of nitrogens with two attached hydrogens (primary N) is 1. The zero-order chi connectivity index (χ0) is 13.1. The maximum atomic E-state index is 9.10. The van der Waals surface area contributed by atoms with E-state index in [0.717, 1.165) is 0 Å². The second-order valence-electron chi connectivity index (χ2n) is 3.49. The molecular weight excluding hydrogens is 360 g/mol. The van der Waals surface area contributed by atoms with Crippen LogP contribution in [0.25, 0.3) is 0 Å². The van der Waals surface area contributed by atoms with Crippen molar-refractivity contribution in [3.05, 3.63) is 50.9 Å². The van der Waals surface area contributed by atoms with E-state index in [1.54, 1.807) is 36.4 Å². The van der Waals surface area contributed by atoms with Crippen molar-refractivity contribution in [2.24, 2.45) is 0 Å². The van der Waals surface area contributed by atoms with Gasteiger partial charge in [-0.25, -0.2) is 0 Å². The number of halogens is 2. The van der Waals surface area contributed by atoms with Gasteiger partial charge in [0.1, 0.15) is 23.1 Å². The highest BCUT2D eigenvalue weighted by Crippen LogP contribution is 2.36. The molecule has 5 heteroatoms. The Morgan fingerprint density at radius 2 is 1.72 bits per heavy atom. The maximum absolute atomic E-state index is 9.10. The first-order valence-electron chi connectivity index (χ1n) is 5.04. The van der Waals surface area contributed by atoms with E-state index in [-0.39, 0.29) is 0 Å². The van der Waals surface area contributed by atoms with Gasteiger partial charge in [0.2, 0.25) is 0 Å². The minimum atomic E-state index is 0.451. The number of hydrogen-bond donors (Lipinski definition) is 1. The fraction of sp³-hybridized carbons (Fsp3) is 0. The summed E-state index contributed by atoms with van der Waals surface area (Å²) in [6.45, 7) is 0. The highest BCUT2D eigenvalue weighted by Gasteiger charge is 2.11. The first-order valence-corrected chi connectivity index (χ1v) is 6.62. The summed E-state index contributed by atoms with van der Waals surface area (Å²) in [6, 6.07) is 12.8. The van der Waals surface area contributed by atoms with Crippen LogP contribution in [0.4, 0.5) is 5.69 Å². The van der Waals surface area contributed by atoms with Crippen molar-refractivity contribution in [1.82, 2.24) is 0 Å². The van der Waals surface area contributed by atoms with Crippen LogP contribution in [0.1, 0.15) is 5.56 Å². The fourth-order valence-corrected chi connectivity index (χ4v) is 2.20. The SMILES string of the molecule is N#Cc1c(Br)cccc1Oc1cccc(N)c1Br. The van der Waals surface area contributed by atoms with Crippen molar-refractivity contribution >= 4 is 37.5 Å². The van der Waals surface area contributed by atoms with Crippen LogP contribution in [0.3, 0.4) is 0 Å². The quantitative estimate of drug-likeness (QED) is 0.797. The summed E-state index contributed by atoms with van der Waals surface area (Å²) in [4.78, 5) is 0. The third kappa shape index (κ3) is 2.50. The summed E-state index contributed by atoms with van der Waals surface area (Å²) < 4.78 is 7.09. The molecule has 0 unspecified atom stereocenters. The molecule has 0 aromatic heterocycles. The standard InChI is InChI=1S/C13H8Br2N2O/c14-9-3-1-5-11(8(9)7-16)18-12-6-2-4-10(17)13(12)15/h1-6H,17H2. The van der Waals surface area contributed by atoms with Crippen LogP contribution in [0.2, 0.25) is 0 Å². The normalized spacial score (nSPS) is 9.83. The lowest BCUT2D eigenvalue weighted by Crippen LogP contribution is -1.93. The maximum Gasteiger partial charge on any atom is 0.146 e. The van der Waals surface area contributed by atoms with Crippen LogP contribution in [0.5, 0.6) is 11.5 Å². The van der Waals surface area contributed by atoms with Gasteiger partial charge < -0.3 is 10.5 Å². The van der Waals surface area contributed by atoms with Crippen molar-refractivity contribution in [3.63, 3.8) is 0 Å². The second kappa shape index (κ2) is 5.42. The molecule has 0 aliphatic rings. The molecule has 0 saturated heterocycles. The molecule has 0 fully saturated rings. The van der Waals surface area contributed by atoms with Crippen LogP contribution in [-0.2, 0) is 0 Å². The predicted molar refractivity (Wildman–Crippen MR) is 77.5 cm³/mol. The molecule has 0 aliphatic carbocycles. The zero-order valence-corrected chi connectivity index (χ0v) is 12.3. The summed E-state index contributed by atoms with van der Waals surface area (Å²) in [6.07, 6.45) is 0. The molecule has 0 radical (unpaired) electrons. The number of nitriles is 1. The molecule has 18 heavy (non-hydrogen) atoms. The molecule has 2 aromatic carbocycles. The Hall–Kier alpha value is -1.51. The van der Waals surface area contributed by atoms with Gasteiger partial charge in [0.25, 0.3) is 0 Å². The Labute approximate surface area is 121 Å². The Morgan fingerprint density at radius 3 is 2.44 bits per heavy atom. The van der Waals surface area contributed by atoms with Gasteiger partial charge in [-0.05, 0) is 56.1 Å². The molecule has 0 heterocycles. The molecule has 0 amide bonds. The lowest BCUT2D eigenvalue weighted by molar-refractivity contribution is 0.478. The van der Waals surface area contributed by atoms with Gasteiger partial charge in [0.15, 0.2) is 0 Å². The van der Waals surface area contributed by atoms with Gasteiger partial charge in [0, 0.05) is 10.2 Å². The number of anilines is 1. The van der Waals surface area contributed by atoms with Crippen molar-refractivity contribution < 1.29 is 4.74 Å². The van der Waals surface area contributed by atoms with Crippen LogP contribution < -0.4 is 10.5 Å². The first-order chi connectivity index (χ1) is 8.63. The van der Waals surface area contributed by atoms with Crippen LogP contribution >= 0.6 is 31.9 Å². The summed E-state index contributed by atoms with van der Waals surface area (Å²) >= 11 is 6.67. The van der Waals surface area contributed by atoms with Crippen LogP contribution in [-0.4, -0.2) is 0 Å². The van der Waals surface area contributed by atoms with E-state index in [1.807, 2.05) is 0 Å². The third-order valence-corrected chi connectivity index (χ3v) is 3.81. The lowest BCUT2D eigenvalue weighted by atomic mass is 10.2. The van der Waals surface area contributed by atoms with E-state index in [0.29, 0.717) is 31.7 Å². The molecule has 2 rings (SSSR count). The number of nitrogens with zero attached hydrogens (tertiary/aromatic N) is 1. The van der Waals surface area contributed by atoms with Crippen molar-refractivity contribution in [1.29, 1.82) is 5.26 Å². The van der Waals surface area contributed by atoms with E-state index in [2.05, 4.69) is 37.9 Å². The van der Waals surface area contributed by atoms with Gasteiger partial charge >= 0.3 is 0 Å². The first kappa shape index (κ1) is 12.9. The molecule has 90 valence electrons. The van der Waals surface area contributed by atoms with E-state index >= 15 is 0 Å². The highest BCUT2D eigenvalue weighted by atomic mass is 79.9. The molecule has 3 nitrogen and oxygen atoms in total. The Bertz CT molecular complexity index is 635. The lowest BCUT2D eigenvalue weighted by Gasteiger charge is -2.10.